The van der Waals surface area contributed by atoms with Gasteiger partial charge in [-0.3, -0.25) is 14.3 Å². The summed E-state index contributed by atoms with van der Waals surface area (Å²) in [6.45, 7) is 1.94. The summed E-state index contributed by atoms with van der Waals surface area (Å²) in [5.74, 6) is 1.53. The van der Waals surface area contributed by atoms with Crippen molar-refractivity contribution >= 4 is 11.8 Å². The Morgan fingerprint density at radius 2 is 2.19 bits per heavy atom. The molecule has 7 heteroatoms. The number of piperidine rings is 1. The minimum absolute atomic E-state index is 0.0691. The van der Waals surface area contributed by atoms with Crippen molar-refractivity contribution in [3.63, 3.8) is 0 Å². The molecule has 7 nitrogen and oxygen atoms in total. The maximum Gasteiger partial charge on any atom is 0.289 e. The van der Waals surface area contributed by atoms with E-state index in [1.54, 1.807) is 35.9 Å². The Morgan fingerprint density at radius 3 is 2.92 bits per heavy atom. The first-order valence-corrected chi connectivity index (χ1v) is 9.08. The monoisotopic (exact) mass is 358 g/mol. The summed E-state index contributed by atoms with van der Waals surface area (Å²) in [7, 11) is 3.55. The lowest BCUT2D eigenvalue weighted by Gasteiger charge is -2.32. The molecule has 3 rings (SSSR count). The van der Waals surface area contributed by atoms with E-state index < -0.39 is 0 Å². The second kappa shape index (κ2) is 8.21. The van der Waals surface area contributed by atoms with E-state index >= 15 is 0 Å². The summed E-state index contributed by atoms with van der Waals surface area (Å²) in [4.78, 5) is 28.0. The standard InChI is InChI=1S/C19H26N4O3/c1-21(2)18(24)9-6-15-5-3-11-22(13-15)19(25)17-8-7-16(26-17)14-23-12-4-10-20-23/h4,7-8,10,12,15H,3,5-6,9,11,13-14H2,1-2H3/t15-/m0/s1. The number of hydrogen-bond donors (Lipinski definition) is 0. The van der Waals surface area contributed by atoms with Crippen molar-refractivity contribution in [1.82, 2.24) is 19.6 Å². The number of carbonyl (C=O) groups is 2. The highest BCUT2D eigenvalue weighted by Gasteiger charge is 2.26. The normalized spacial score (nSPS) is 17.3. The number of amides is 2. The number of aromatic nitrogens is 2. The Hall–Kier alpha value is -2.57. The van der Waals surface area contributed by atoms with Crippen LogP contribution in [-0.4, -0.2) is 58.6 Å². The van der Waals surface area contributed by atoms with Crippen molar-refractivity contribution in [2.45, 2.75) is 32.2 Å². The van der Waals surface area contributed by atoms with Gasteiger partial charge in [-0.25, -0.2) is 0 Å². The molecule has 2 aromatic heterocycles. The Labute approximate surface area is 153 Å². The summed E-state index contributed by atoms with van der Waals surface area (Å²) < 4.78 is 7.48. The predicted molar refractivity (Wildman–Crippen MR) is 96.6 cm³/mol. The van der Waals surface area contributed by atoms with Gasteiger partial charge in [0.2, 0.25) is 5.91 Å². The van der Waals surface area contributed by atoms with Crippen LogP contribution in [0.15, 0.2) is 35.0 Å². The second-order valence-electron chi connectivity index (χ2n) is 7.06. The third kappa shape index (κ3) is 4.53. The van der Waals surface area contributed by atoms with Crippen molar-refractivity contribution in [2.75, 3.05) is 27.2 Å². The summed E-state index contributed by atoms with van der Waals surface area (Å²) in [5.41, 5.74) is 0. The van der Waals surface area contributed by atoms with Crippen molar-refractivity contribution in [2.24, 2.45) is 5.92 Å². The van der Waals surface area contributed by atoms with E-state index in [1.165, 1.54) is 0 Å². The summed E-state index contributed by atoms with van der Waals surface area (Å²) in [5, 5.41) is 4.14. The molecule has 0 aliphatic carbocycles. The fourth-order valence-electron chi connectivity index (χ4n) is 3.32. The Bertz CT molecular complexity index is 736. The molecule has 1 atom stereocenters. The van der Waals surface area contributed by atoms with Crippen molar-refractivity contribution in [1.29, 1.82) is 0 Å². The molecule has 3 heterocycles. The number of hydrogen-bond acceptors (Lipinski definition) is 4. The topological polar surface area (TPSA) is 71.6 Å². The molecule has 0 radical (unpaired) electrons. The van der Waals surface area contributed by atoms with Gasteiger partial charge in [-0.2, -0.15) is 5.10 Å². The Balaban J connectivity index is 1.55. The molecule has 0 bridgehead atoms. The van der Waals surface area contributed by atoms with Gasteiger partial charge in [0.25, 0.3) is 5.91 Å². The molecule has 26 heavy (non-hydrogen) atoms. The molecule has 2 aromatic rings. The summed E-state index contributed by atoms with van der Waals surface area (Å²) in [6, 6.07) is 5.41. The SMILES string of the molecule is CN(C)C(=O)CC[C@@H]1CCCN(C(=O)c2ccc(Cn3cccn3)o2)C1. The minimum Gasteiger partial charge on any atom is -0.454 e. The number of rotatable bonds is 6. The molecule has 140 valence electrons. The summed E-state index contributed by atoms with van der Waals surface area (Å²) in [6.07, 6.45) is 6.96. The number of carbonyl (C=O) groups excluding carboxylic acids is 2. The zero-order valence-corrected chi connectivity index (χ0v) is 15.4. The largest absolute Gasteiger partial charge is 0.454 e. The average molecular weight is 358 g/mol. The number of furan rings is 1. The molecule has 1 fully saturated rings. The van der Waals surface area contributed by atoms with Crippen LogP contribution in [0.3, 0.4) is 0 Å². The quantitative estimate of drug-likeness (QED) is 0.794. The fraction of sp³-hybridized carbons (Fsp3) is 0.526. The maximum absolute atomic E-state index is 12.7. The van der Waals surface area contributed by atoms with Gasteiger partial charge in [0.15, 0.2) is 5.76 Å². The van der Waals surface area contributed by atoms with Crippen molar-refractivity contribution in [3.05, 3.63) is 42.1 Å². The molecule has 1 saturated heterocycles. The lowest BCUT2D eigenvalue weighted by Crippen LogP contribution is -2.40. The van der Waals surface area contributed by atoms with Gasteiger partial charge in [-0.1, -0.05) is 0 Å². The van der Waals surface area contributed by atoms with Gasteiger partial charge in [-0.15, -0.1) is 0 Å². The molecular weight excluding hydrogens is 332 g/mol. The Morgan fingerprint density at radius 1 is 1.35 bits per heavy atom. The number of likely N-dealkylation sites (tertiary alicyclic amines) is 1. The highest BCUT2D eigenvalue weighted by molar-refractivity contribution is 5.91. The van der Waals surface area contributed by atoms with Gasteiger partial charge < -0.3 is 14.2 Å². The van der Waals surface area contributed by atoms with E-state index in [0.717, 1.165) is 25.8 Å². The molecule has 0 aromatic carbocycles. The molecule has 2 amide bonds. The third-order valence-corrected chi connectivity index (χ3v) is 4.82. The van der Waals surface area contributed by atoms with Crippen LogP contribution in [0.4, 0.5) is 0 Å². The van der Waals surface area contributed by atoms with Gasteiger partial charge in [-0.05, 0) is 43.4 Å². The van der Waals surface area contributed by atoms with Gasteiger partial charge in [0, 0.05) is 46.0 Å². The molecular formula is C19H26N4O3. The van der Waals surface area contributed by atoms with Crippen LogP contribution >= 0.6 is 0 Å². The van der Waals surface area contributed by atoms with E-state index in [0.29, 0.717) is 36.9 Å². The van der Waals surface area contributed by atoms with E-state index in [-0.39, 0.29) is 11.8 Å². The maximum atomic E-state index is 12.7. The molecule has 0 unspecified atom stereocenters. The molecule has 1 aliphatic heterocycles. The van der Waals surface area contributed by atoms with E-state index in [1.807, 2.05) is 23.2 Å². The predicted octanol–water partition coefficient (Wildman–Crippen LogP) is 2.25. The fourth-order valence-corrected chi connectivity index (χ4v) is 3.32. The molecule has 0 spiro atoms. The number of nitrogens with zero attached hydrogens (tertiary/aromatic N) is 4. The van der Waals surface area contributed by atoms with Gasteiger partial charge >= 0.3 is 0 Å². The van der Waals surface area contributed by atoms with Gasteiger partial charge in [0.1, 0.15) is 5.76 Å². The van der Waals surface area contributed by atoms with Gasteiger partial charge in [0.05, 0.1) is 6.54 Å². The second-order valence-corrected chi connectivity index (χ2v) is 7.06. The lowest BCUT2D eigenvalue weighted by atomic mass is 9.93. The first-order chi connectivity index (χ1) is 12.5. The van der Waals surface area contributed by atoms with E-state index in [9.17, 15) is 9.59 Å². The Kier molecular flexibility index (Phi) is 5.75. The van der Waals surface area contributed by atoms with Crippen LogP contribution in [0.5, 0.6) is 0 Å². The summed E-state index contributed by atoms with van der Waals surface area (Å²) >= 11 is 0. The minimum atomic E-state index is -0.0691. The van der Waals surface area contributed by atoms with Crippen molar-refractivity contribution in [3.8, 4) is 0 Å². The van der Waals surface area contributed by atoms with Crippen LogP contribution in [0.25, 0.3) is 0 Å². The van der Waals surface area contributed by atoms with E-state index in [4.69, 9.17) is 4.42 Å². The highest BCUT2D eigenvalue weighted by Crippen LogP contribution is 2.23. The molecule has 0 saturated carbocycles. The van der Waals surface area contributed by atoms with Crippen molar-refractivity contribution < 1.29 is 14.0 Å². The zero-order chi connectivity index (χ0) is 18.5. The smallest absolute Gasteiger partial charge is 0.289 e. The average Bonchev–Trinajstić information content (AvgIpc) is 3.31. The zero-order valence-electron chi connectivity index (χ0n) is 15.4. The first-order valence-electron chi connectivity index (χ1n) is 9.08. The third-order valence-electron chi connectivity index (χ3n) is 4.82. The first kappa shape index (κ1) is 18.2. The van der Waals surface area contributed by atoms with Crippen LogP contribution in [-0.2, 0) is 11.3 Å². The van der Waals surface area contributed by atoms with Crippen LogP contribution in [0.1, 0.15) is 42.0 Å². The molecule has 0 N–H and O–H groups in total. The van der Waals surface area contributed by atoms with Crippen LogP contribution < -0.4 is 0 Å². The lowest BCUT2D eigenvalue weighted by molar-refractivity contribution is -0.129. The molecule has 1 aliphatic rings. The van der Waals surface area contributed by atoms with Crippen LogP contribution in [0.2, 0.25) is 0 Å². The highest BCUT2D eigenvalue weighted by atomic mass is 16.4. The van der Waals surface area contributed by atoms with Crippen LogP contribution in [0, 0.1) is 5.92 Å². The van der Waals surface area contributed by atoms with E-state index in [2.05, 4.69) is 5.10 Å².